The lowest BCUT2D eigenvalue weighted by atomic mass is 9.88. The number of hydrogen-bond donors (Lipinski definition) is 1. The molecular formula is C28H32N2O5S. The first-order chi connectivity index (χ1) is 17.5. The van der Waals surface area contributed by atoms with E-state index >= 15 is 0 Å². The van der Waals surface area contributed by atoms with E-state index in [1.807, 2.05) is 36.4 Å². The number of nitrogens with zero attached hydrogens (tertiary/aromatic N) is 1. The Balaban J connectivity index is 1.73. The molecule has 0 bridgehead atoms. The third-order valence-electron chi connectivity index (χ3n) is 6.49. The van der Waals surface area contributed by atoms with Gasteiger partial charge in [-0.3, -0.25) is 0 Å². The van der Waals surface area contributed by atoms with Gasteiger partial charge in [0.15, 0.2) is 28.1 Å². The fourth-order valence-electron chi connectivity index (χ4n) is 4.66. The average molecular weight is 509 g/mol. The highest BCUT2D eigenvalue weighted by Gasteiger charge is 2.31. The van der Waals surface area contributed by atoms with Gasteiger partial charge in [-0.1, -0.05) is 18.2 Å². The van der Waals surface area contributed by atoms with Gasteiger partial charge in [-0.25, -0.2) is 0 Å². The zero-order valence-electron chi connectivity index (χ0n) is 21.3. The molecule has 36 heavy (non-hydrogen) atoms. The predicted octanol–water partition coefficient (Wildman–Crippen LogP) is 5.27. The monoisotopic (exact) mass is 508 g/mol. The van der Waals surface area contributed by atoms with Crippen molar-refractivity contribution in [1.29, 1.82) is 0 Å². The highest BCUT2D eigenvalue weighted by molar-refractivity contribution is 7.80. The second-order valence-corrected chi connectivity index (χ2v) is 8.78. The molecule has 1 unspecified atom stereocenters. The Morgan fingerprint density at radius 3 is 2.14 bits per heavy atom. The second kappa shape index (κ2) is 11.4. The van der Waals surface area contributed by atoms with Gasteiger partial charge in [0.05, 0.1) is 47.3 Å². The van der Waals surface area contributed by atoms with Gasteiger partial charge in [-0.2, -0.15) is 0 Å². The molecular weight excluding hydrogens is 476 g/mol. The minimum atomic E-state index is -0.0404. The van der Waals surface area contributed by atoms with E-state index in [9.17, 15) is 0 Å². The highest BCUT2D eigenvalue weighted by atomic mass is 32.1. The Morgan fingerprint density at radius 2 is 1.44 bits per heavy atom. The Hall–Kier alpha value is -3.65. The van der Waals surface area contributed by atoms with Crippen LogP contribution in [0.4, 0.5) is 5.69 Å². The normalized spacial score (nSPS) is 14.5. The lowest BCUT2D eigenvalue weighted by Crippen LogP contribution is -2.43. The quantitative estimate of drug-likeness (QED) is 0.413. The molecule has 0 aromatic heterocycles. The summed E-state index contributed by atoms with van der Waals surface area (Å²) in [5, 5.41) is 4.03. The van der Waals surface area contributed by atoms with Crippen molar-refractivity contribution in [3.8, 4) is 28.7 Å². The molecule has 4 rings (SSSR count). The van der Waals surface area contributed by atoms with Crippen molar-refractivity contribution in [3.05, 3.63) is 71.3 Å². The average Bonchev–Trinajstić information content (AvgIpc) is 2.92. The molecule has 0 saturated heterocycles. The van der Waals surface area contributed by atoms with Gasteiger partial charge in [-0.15, -0.1) is 0 Å². The standard InChI is InChI=1S/C28H32N2O5S/c1-31-23-9-7-6-8-21(23)29-28(36)30-13-12-19-16-26(34-4)27(35-5)17-20(19)22(30)14-18-10-11-24(32-2)25(15-18)33-3/h6-11,15-17,22H,12-14H2,1-5H3,(H,29,36). The van der Waals surface area contributed by atoms with Crippen molar-refractivity contribution in [1.82, 2.24) is 4.90 Å². The summed E-state index contributed by atoms with van der Waals surface area (Å²) in [5.74, 6) is 3.55. The van der Waals surface area contributed by atoms with E-state index in [-0.39, 0.29) is 6.04 Å². The van der Waals surface area contributed by atoms with Crippen LogP contribution in [0.1, 0.15) is 22.7 Å². The number of ether oxygens (including phenoxy) is 5. The number of fused-ring (bicyclic) bond motifs is 1. The number of benzene rings is 3. The lowest BCUT2D eigenvalue weighted by Gasteiger charge is -2.39. The Kier molecular flexibility index (Phi) is 8.05. The Morgan fingerprint density at radius 1 is 0.806 bits per heavy atom. The summed E-state index contributed by atoms with van der Waals surface area (Å²) < 4.78 is 27.7. The van der Waals surface area contributed by atoms with Crippen molar-refractivity contribution >= 4 is 23.0 Å². The maximum atomic E-state index is 5.94. The third kappa shape index (κ3) is 5.14. The first-order valence-electron chi connectivity index (χ1n) is 11.7. The minimum absolute atomic E-state index is 0.0404. The molecule has 0 spiro atoms. The van der Waals surface area contributed by atoms with Crippen LogP contribution in [0.2, 0.25) is 0 Å². The summed E-state index contributed by atoms with van der Waals surface area (Å²) in [6.07, 6.45) is 1.53. The van der Waals surface area contributed by atoms with Crippen molar-refractivity contribution in [2.24, 2.45) is 0 Å². The molecule has 8 heteroatoms. The molecule has 0 aliphatic carbocycles. The van der Waals surface area contributed by atoms with Gasteiger partial charge in [0.1, 0.15) is 5.75 Å². The van der Waals surface area contributed by atoms with Crippen LogP contribution < -0.4 is 29.0 Å². The Labute approximate surface area is 217 Å². The van der Waals surface area contributed by atoms with E-state index in [0.29, 0.717) is 28.8 Å². The molecule has 1 atom stereocenters. The topological polar surface area (TPSA) is 61.4 Å². The second-order valence-electron chi connectivity index (χ2n) is 8.39. The first kappa shape index (κ1) is 25.4. The van der Waals surface area contributed by atoms with E-state index in [4.69, 9.17) is 35.9 Å². The number of hydrogen-bond acceptors (Lipinski definition) is 6. The molecule has 0 radical (unpaired) electrons. The van der Waals surface area contributed by atoms with Gasteiger partial charge in [0.25, 0.3) is 0 Å². The van der Waals surface area contributed by atoms with Crippen molar-refractivity contribution in [3.63, 3.8) is 0 Å². The van der Waals surface area contributed by atoms with E-state index in [1.165, 1.54) is 5.56 Å². The Bertz CT molecular complexity index is 1230. The molecule has 0 saturated carbocycles. The molecule has 0 fully saturated rings. The van der Waals surface area contributed by atoms with Gasteiger partial charge in [0.2, 0.25) is 0 Å². The first-order valence-corrected chi connectivity index (χ1v) is 12.1. The number of thiocarbonyl (C=S) groups is 1. The van der Waals surface area contributed by atoms with Crippen LogP contribution in [0.3, 0.4) is 0 Å². The number of methoxy groups -OCH3 is 5. The highest BCUT2D eigenvalue weighted by Crippen LogP contribution is 2.41. The minimum Gasteiger partial charge on any atom is -0.495 e. The third-order valence-corrected chi connectivity index (χ3v) is 6.83. The van der Waals surface area contributed by atoms with E-state index < -0.39 is 0 Å². The smallest absolute Gasteiger partial charge is 0.174 e. The van der Waals surface area contributed by atoms with Crippen LogP contribution in [-0.4, -0.2) is 52.1 Å². The molecule has 3 aromatic carbocycles. The SMILES string of the molecule is COc1ccccc1NC(=S)N1CCc2cc(OC)c(OC)cc2C1Cc1ccc(OC)c(OC)c1. The lowest BCUT2D eigenvalue weighted by molar-refractivity contribution is 0.295. The van der Waals surface area contributed by atoms with Crippen molar-refractivity contribution < 1.29 is 23.7 Å². The van der Waals surface area contributed by atoms with Gasteiger partial charge < -0.3 is 33.9 Å². The van der Waals surface area contributed by atoms with Crippen LogP contribution in [0.5, 0.6) is 28.7 Å². The predicted molar refractivity (Wildman–Crippen MR) is 145 cm³/mol. The maximum absolute atomic E-state index is 5.94. The van der Waals surface area contributed by atoms with Crippen molar-refractivity contribution in [2.45, 2.75) is 18.9 Å². The fraction of sp³-hybridized carbons (Fsp3) is 0.321. The molecule has 7 nitrogen and oxygen atoms in total. The van der Waals surface area contributed by atoms with Gasteiger partial charge in [-0.05, 0) is 78.1 Å². The molecule has 0 amide bonds. The molecule has 1 N–H and O–H groups in total. The maximum Gasteiger partial charge on any atom is 0.174 e. The zero-order valence-corrected chi connectivity index (χ0v) is 22.1. The summed E-state index contributed by atoms with van der Waals surface area (Å²) in [5.41, 5.74) is 4.30. The van der Waals surface area contributed by atoms with E-state index in [2.05, 4.69) is 28.4 Å². The summed E-state index contributed by atoms with van der Waals surface area (Å²) in [4.78, 5) is 2.23. The van der Waals surface area contributed by atoms with Gasteiger partial charge >= 0.3 is 0 Å². The van der Waals surface area contributed by atoms with Crippen LogP contribution in [0.15, 0.2) is 54.6 Å². The van der Waals surface area contributed by atoms with Crippen LogP contribution in [0, 0.1) is 0 Å². The summed E-state index contributed by atoms with van der Waals surface area (Å²) >= 11 is 5.94. The zero-order chi connectivity index (χ0) is 25.7. The summed E-state index contributed by atoms with van der Waals surface area (Å²) in [6.45, 7) is 0.751. The fourth-order valence-corrected chi connectivity index (χ4v) is 4.99. The van der Waals surface area contributed by atoms with Crippen LogP contribution >= 0.6 is 12.2 Å². The van der Waals surface area contributed by atoms with Crippen LogP contribution in [0.25, 0.3) is 0 Å². The molecule has 3 aromatic rings. The van der Waals surface area contributed by atoms with Crippen LogP contribution in [-0.2, 0) is 12.8 Å². The van der Waals surface area contributed by atoms with E-state index in [1.54, 1.807) is 35.5 Å². The molecule has 1 aliphatic rings. The van der Waals surface area contributed by atoms with E-state index in [0.717, 1.165) is 41.3 Å². The summed E-state index contributed by atoms with van der Waals surface area (Å²) in [6, 6.07) is 17.9. The van der Waals surface area contributed by atoms with Gasteiger partial charge in [0, 0.05) is 6.54 Å². The molecule has 1 heterocycles. The number of para-hydroxylation sites is 2. The molecule has 1 aliphatic heterocycles. The number of rotatable bonds is 8. The molecule has 190 valence electrons. The number of anilines is 1. The van der Waals surface area contributed by atoms with Crippen molar-refractivity contribution in [2.75, 3.05) is 47.4 Å². The number of nitrogens with one attached hydrogen (secondary N) is 1. The summed E-state index contributed by atoms with van der Waals surface area (Å²) in [7, 11) is 8.25. The largest absolute Gasteiger partial charge is 0.495 e.